The average molecular weight is 367 g/mol. The fourth-order valence-electron chi connectivity index (χ4n) is 3.93. The number of hydrogen-bond donors (Lipinski definition) is 2. The van der Waals surface area contributed by atoms with Crippen LogP contribution in [0, 0.1) is 31.5 Å². The molecule has 2 saturated carbocycles. The summed E-state index contributed by atoms with van der Waals surface area (Å²) in [7, 11) is 0. The Morgan fingerprint density at radius 3 is 2.44 bits per heavy atom. The Balaban J connectivity index is 1.64. The quantitative estimate of drug-likeness (QED) is 0.716. The number of nitrogens with zero attached hydrogens (tertiary/aromatic N) is 4. The molecule has 2 heterocycles. The monoisotopic (exact) mass is 367 g/mol. The topological polar surface area (TPSA) is 75.9 Å². The predicted molar refractivity (Wildman–Crippen MR) is 101 cm³/mol. The molecule has 2 aliphatic rings. The van der Waals surface area contributed by atoms with Crippen LogP contribution in [0.25, 0.3) is 16.9 Å². The van der Waals surface area contributed by atoms with Crippen LogP contribution in [0.4, 0.5) is 10.2 Å². The number of anilines is 1. The lowest BCUT2D eigenvalue weighted by Crippen LogP contribution is -2.25. The second kappa shape index (κ2) is 5.90. The van der Waals surface area contributed by atoms with Crippen molar-refractivity contribution in [2.24, 2.45) is 11.8 Å². The Morgan fingerprint density at radius 1 is 1.11 bits per heavy atom. The smallest absolute Gasteiger partial charge is 0.170 e. The Hall–Kier alpha value is -2.70. The first-order valence-electron chi connectivity index (χ1n) is 9.50. The third-order valence-electron chi connectivity index (χ3n) is 5.52. The van der Waals surface area contributed by atoms with Gasteiger partial charge in [0.1, 0.15) is 17.4 Å². The van der Waals surface area contributed by atoms with E-state index in [4.69, 9.17) is 0 Å². The maximum atomic E-state index is 14.5. The van der Waals surface area contributed by atoms with Gasteiger partial charge in [0.05, 0.1) is 5.69 Å². The first-order valence-corrected chi connectivity index (χ1v) is 9.50. The van der Waals surface area contributed by atoms with Gasteiger partial charge in [-0.15, -0.1) is 0 Å². The van der Waals surface area contributed by atoms with Gasteiger partial charge < -0.3 is 10.4 Å². The minimum Gasteiger partial charge on any atom is -0.508 e. The molecule has 0 radical (unpaired) electrons. The molecule has 3 aromatic rings. The summed E-state index contributed by atoms with van der Waals surface area (Å²) in [5.74, 6) is 2.81. The fraction of sp³-hybridized carbons (Fsp3) is 0.450. The molecule has 27 heavy (non-hydrogen) atoms. The van der Waals surface area contributed by atoms with Crippen LogP contribution in [0.5, 0.6) is 5.75 Å². The number of halogens is 1. The Kier molecular flexibility index (Phi) is 3.60. The summed E-state index contributed by atoms with van der Waals surface area (Å²) in [6.45, 7) is 3.67. The van der Waals surface area contributed by atoms with Crippen molar-refractivity contribution in [1.82, 2.24) is 19.5 Å². The van der Waals surface area contributed by atoms with E-state index in [0.29, 0.717) is 34.5 Å². The molecule has 2 N–H and O–H groups in total. The van der Waals surface area contributed by atoms with E-state index in [1.165, 1.54) is 31.7 Å². The molecule has 140 valence electrons. The van der Waals surface area contributed by atoms with Crippen molar-refractivity contribution in [2.45, 2.75) is 45.6 Å². The molecule has 2 fully saturated rings. The second-order valence-corrected chi connectivity index (χ2v) is 7.77. The number of phenolic OH excluding ortho intramolecular Hbond substituents is 1. The summed E-state index contributed by atoms with van der Waals surface area (Å²) < 4.78 is 16.2. The van der Waals surface area contributed by atoms with Crippen molar-refractivity contribution in [3.05, 3.63) is 35.7 Å². The van der Waals surface area contributed by atoms with Crippen molar-refractivity contribution >= 4 is 17.0 Å². The van der Waals surface area contributed by atoms with Gasteiger partial charge in [-0.3, -0.25) is 4.57 Å². The van der Waals surface area contributed by atoms with Crippen LogP contribution in [0.3, 0.4) is 0 Å². The highest BCUT2D eigenvalue weighted by molar-refractivity contribution is 5.85. The van der Waals surface area contributed by atoms with E-state index < -0.39 is 5.82 Å². The lowest BCUT2D eigenvalue weighted by Gasteiger charge is -2.18. The van der Waals surface area contributed by atoms with Gasteiger partial charge in [-0.1, -0.05) is 0 Å². The van der Waals surface area contributed by atoms with E-state index in [9.17, 15) is 9.50 Å². The van der Waals surface area contributed by atoms with Crippen LogP contribution < -0.4 is 5.32 Å². The van der Waals surface area contributed by atoms with Crippen molar-refractivity contribution in [3.8, 4) is 11.4 Å². The van der Waals surface area contributed by atoms with Crippen LogP contribution >= 0.6 is 0 Å². The molecule has 0 amide bonds. The van der Waals surface area contributed by atoms with Gasteiger partial charge in [-0.05, 0) is 63.5 Å². The van der Waals surface area contributed by atoms with Crippen LogP contribution in [-0.2, 0) is 0 Å². The van der Waals surface area contributed by atoms with Crippen LogP contribution in [0.2, 0.25) is 0 Å². The third-order valence-corrected chi connectivity index (χ3v) is 5.52. The van der Waals surface area contributed by atoms with Gasteiger partial charge in [0.15, 0.2) is 22.8 Å². The number of aryl methyl sites for hydroxylation is 2. The molecule has 0 atom stereocenters. The van der Waals surface area contributed by atoms with Crippen LogP contribution in [0.1, 0.15) is 37.3 Å². The number of nitrogens with one attached hydrogen (secondary N) is 1. The standard InChI is InChI=1S/C20H22FN5O/c1-10-22-19(25-17(12-3-4-12)13-5-6-13)18-20(23-10)26(11(2)24-18)16-8-7-14(27)9-15(16)21/h7-9,12-13,17,27H,3-6H2,1-2H3,(H,22,23,25). The Bertz CT molecular complexity index is 1030. The third kappa shape index (κ3) is 2.91. The number of benzene rings is 1. The molecule has 0 aliphatic heterocycles. The van der Waals surface area contributed by atoms with Crippen molar-refractivity contribution in [1.29, 1.82) is 0 Å². The minimum atomic E-state index is -0.517. The SMILES string of the molecule is Cc1nc(NC(C2CC2)C2CC2)c2nc(C)n(-c3ccc(O)cc3F)c2n1. The maximum absolute atomic E-state index is 14.5. The largest absolute Gasteiger partial charge is 0.508 e. The Labute approximate surface area is 156 Å². The number of aromatic hydroxyl groups is 1. The second-order valence-electron chi connectivity index (χ2n) is 7.77. The van der Waals surface area contributed by atoms with Gasteiger partial charge >= 0.3 is 0 Å². The zero-order valence-corrected chi connectivity index (χ0v) is 15.4. The minimum absolute atomic E-state index is 0.108. The van der Waals surface area contributed by atoms with Gasteiger partial charge in [-0.2, -0.15) is 0 Å². The first-order chi connectivity index (χ1) is 13.0. The summed E-state index contributed by atoms with van der Waals surface area (Å²) in [6, 6.07) is 4.55. The normalized spacial score (nSPS) is 17.0. The summed E-state index contributed by atoms with van der Waals surface area (Å²) >= 11 is 0. The van der Waals surface area contributed by atoms with Crippen LogP contribution in [-0.4, -0.2) is 30.7 Å². The van der Waals surface area contributed by atoms with Gasteiger partial charge in [0, 0.05) is 12.1 Å². The molecule has 0 saturated heterocycles. The highest BCUT2D eigenvalue weighted by Gasteiger charge is 2.42. The lowest BCUT2D eigenvalue weighted by atomic mass is 10.1. The molecule has 1 aromatic carbocycles. The molecular weight excluding hydrogens is 345 g/mol. The van der Waals surface area contributed by atoms with Crippen molar-refractivity contribution in [2.75, 3.05) is 5.32 Å². The maximum Gasteiger partial charge on any atom is 0.170 e. The number of fused-ring (bicyclic) bond motifs is 1. The lowest BCUT2D eigenvalue weighted by molar-refractivity contribution is 0.468. The van der Waals surface area contributed by atoms with Crippen molar-refractivity contribution < 1.29 is 9.50 Å². The average Bonchev–Trinajstić information content (AvgIpc) is 3.51. The first kappa shape index (κ1) is 16.5. The molecule has 2 aromatic heterocycles. The van der Waals surface area contributed by atoms with Crippen LogP contribution in [0.15, 0.2) is 18.2 Å². The number of imidazole rings is 1. The zero-order valence-electron chi connectivity index (χ0n) is 15.4. The summed E-state index contributed by atoms with van der Waals surface area (Å²) in [5.41, 5.74) is 1.56. The summed E-state index contributed by atoms with van der Waals surface area (Å²) in [6.07, 6.45) is 5.09. The van der Waals surface area contributed by atoms with E-state index >= 15 is 0 Å². The molecule has 5 rings (SSSR count). The molecule has 6 nitrogen and oxygen atoms in total. The highest BCUT2D eigenvalue weighted by atomic mass is 19.1. The number of rotatable bonds is 5. The molecule has 0 bridgehead atoms. The van der Waals surface area contributed by atoms with Crippen molar-refractivity contribution in [3.63, 3.8) is 0 Å². The summed E-state index contributed by atoms with van der Waals surface area (Å²) in [4.78, 5) is 13.8. The fourth-order valence-corrected chi connectivity index (χ4v) is 3.93. The van der Waals surface area contributed by atoms with E-state index in [-0.39, 0.29) is 5.75 Å². The predicted octanol–water partition coefficient (Wildman–Crippen LogP) is 3.88. The van der Waals surface area contributed by atoms with Gasteiger partial charge in [0.2, 0.25) is 0 Å². The van der Waals surface area contributed by atoms with Gasteiger partial charge in [-0.25, -0.2) is 19.3 Å². The molecular formula is C20H22FN5O. The molecule has 7 heteroatoms. The van der Waals surface area contributed by atoms with E-state index in [2.05, 4.69) is 20.3 Å². The molecule has 0 unspecified atom stereocenters. The molecule has 0 spiro atoms. The van der Waals surface area contributed by atoms with E-state index in [0.717, 1.165) is 23.7 Å². The number of aromatic nitrogens is 4. The summed E-state index contributed by atoms with van der Waals surface area (Å²) in [5, 5.41) is 13.2. The zero-order chi connectivity index (χ0) is 18.7. The van der Waals surface area contributed by atoms with E-state index in [1.807, 2.05) is 13.8 Å². The highest BCUT2D eigenvalue weighted by Crippen LogP contribution is 2.46. The molecule has 2 aliphatic carbocycles. The number of phenols is 1. The number of hydrogen-bond acceptors (Lipinski definition) is 5. The Morgan fingerprint density at radius 2 is 1.81 bits per heavy atom. The van der Waals surface area contributed by atoms with Gasteiger partial charge in [0.25, 0.3) is 0 Å². The van der Waals surface area contributed by atoms with E-state index in [1.54, 1.807) is 10.6 Å².